The molecule has 1 aromatic carbocycles. The van der Waals surface area contributed by atoms with Crippen molar-refractivity contribution in [1.29, 1.82) is 0 Å². The second-order valence-electron chi connectivity index (χ2n) is 7.91. The van der Waals surface area contributed by atoms with Crippen LogP contribution in [0.5, 0.6) is 5.75 Å². The van der Waals surface area contributed by atoms with Crippen LogP contribution in [-0.4, -0.2) is 43.1 Å². The average molecular weight is 466 g/mol. The first kappa shape index (κ1) is 23.1. The number of ether oxygens (including phenoxy) is 1. The first-order chi connectivity index (χ1) is 16.5. The van der Waals surface area contributed by atoms with Gasteiger partial charge in [-0.05, 0) is 43.5 Å². The van der Waals surface area contributed by atoms with Gasteiger partial charge in [-0.15, -0.1) is 0 Å². The zero-order valence-electron chi connectivity index (χ0n) is 19.2. The molecule has 1 aliphatic heterocycles. The van der Waals surface area contributed by atoms with E-state index >= 15 is 0 Å². The highest BCUT2D eigenvalue weighted by atomic mass is 19.1. The van der Waals surface area contributed by atoms with Crippen molar-refractivity contribution >= 4 is 40.4 Å². The number of nitrogens with two attached hydrogens (primary N) is 1. The highest BCUT2D eigenvalue weighted by molar-refractivity contribution is 6.05. The minimum absolute atomic E-state index is 0.00663. The molecule has 0 radical (unpaired) electrons. The fourth-order valence-corrected chi connectivity index (χ4v) is 3.98. The number of hydrogen-bond donors (Lipinski definition) is 4. The highest BCUT2D eigenvalue weighted by Gasteiger charge is 2.20. The number of piperidine rings is 1. The normalized spacial score (nSPS) is 13.3. The molecule has 0 bridgehead atoms. The van der Waals surface area contributed by atoms with Crippen molar-refractivity contribution in [2.75, 3.05) is 48.5 Å². The number of nitrogen functional groups attached to an aromatic ring is 1. The lowest BCUT2D eigenvalue weighted by molar-refractivity contribution is 0.0964. The Labute approximate surface area is 197 Å². The molecule has 1 saturated heterocycles. The van der Waals surface area contributed by atoms with E-state index in [0.717, 1.165) is 18.8 Å². The van der Waals surface area contributed by atoms with Crippen molar-refractivity contribution in [2.24, 2.45) is 0 Å². The Kier molecular flexibility index (Phi) is 6.95. The topological polar surface area (TPSA) is 117 Å². The number of amides is 1. The number of rotatable bonds is 7. The summed E-state index contributed by atoms with van der Waals surface area (Å²) in [5.74, 6) is 0.0130. The SMILES string of the molecule is CNC(=O)c1c(Nc2cccc(F)c2OC)cc(Nc2ccc(N3CCCCC3)cn2)nc1N. The average Bonchev–Trinajstić information content (AvgIpc) is 2.85. The monoisotopic (exact) mass is 465 g/mol. The largest absolute Gasteiger partial charge is 0.492 e. The van der Waals surface area contributed by atoms with Gasteiger partial charge in [-0.1, -0.05) is 6.07 Å². The number of hydrogen-bond acceptors (Lipinski definition) is 8. The maximum Gasteiger partial charge on any atom is 0.256 e. The summed E-state index contributed by atoms with van der Waals surface area (Å²) in [6.07, 6.45) is 5.47. The number of halogens is 1. The van der Waals surface area contributed by atoms with Crippen molar-refractivity contribution in [3.63, 3.8) is 0 Å². The minimum atomic E-state index is -0.535. The van der Waals surface area contributed by atoms with Crippen LogP contribution in [0.1, 0.15) is 29.6 Å². The molecule has 0 atom stereocenters. The smallest absolute Gasteiger partial charge is 0.256 e. The lowest BCUT2D eigenvalue weighted by atomic mass is 10.1. The van der Waals surface area contributed by atoms with E-state index in [0.29, 0.717) is 23.0 Å². The van der Waals surface area contributed by atoms with Crippen LogP contribution in [0.15, 0.2) is 42.6 Å². The van der Waals surface area contributed by atoms with Gasteiger partial charge in [0.25, 0.3) is 5.91 Å². The van der Waals surface area contributed by atoms with Crippen LogP contribution < -0.4 is 31.3 Å². The summed E-state index contributed by atoms with van der Waals surface area (Å²) < 4.78 is 19.4. The lowest BCUT2D eigenvalue weighted by Gasteiger charge is -2.28. The third kappa shape index (κ3) is 4.95. The van der Waals surface area contributed by atoms with Gasteiger partial charge in [0.2, 0.25) is 0 Å². The molecule has 34 heavy (non-hydrogen) atoms. The zero-order chi connectivity index (χ0) is 24.1. The molecular formula is C24H28FN7O2. The summed E-state index contributed by atoms with van der Waals surface area (Å²) in [5, 5.41) is 8.73. The first-order valence-electron chi connectivity index (χ1n) is 11.1. The van der Waals surface area contributed by atoms with Gasteiger partial charge >= 0.3 is 0 Å². The number of pyridine rings is 2. The molecule has 1 amide bonds. The predicted octanol–water partition coefficient (Wildman–Crippen LogP) is 4.04. The summed E-state index contributed by atoms with van der Waals surface area (Å²) in [6, 6.07) is 9.97. The molecule has 4 rings (SSSR count). The van der Waals surface area contributed by atoms with Gasteiger partial charge in [0, 0.05) is 26.2 Å². The molecule has 2 aromatic heterocycles. The molecular weight excluding hydrogens is 437 g/mol. The molecule has 1 aliphatic rings. The molecule has 1 fully saturated rings. The van der Waals surface area contributed by atoms with E-state index in [1.54, 1.807) is 12.1 Å². The predicted molar refractivity (Wildman–Crippen MR) is 132 cm³/mol. The van der Waals surface area contributed by atoms with Crippen molar-refractivity contribution < 1.29 is 13.9 Å². The third-order valence-electron chi connectivity index (χ3n) is 5.67. The van der Waals surface area contributed by atoms with E-state index in [4.69, 9.17) is 10.5 Å². The van der Waals surface area contributed by atoms with E-state index in [9.17, 15) is 9.18 Å². The Bertz CT molecular complexity index is 1160. The summed E-state index contributed by atoms with van der Waals surface area (Å²) in [4.78, 5) is 23.7. The van der Waals surface area contributed by atoms with E-state index < -0.39 is 11.7 Å². The molecule has 5 N–H and O–H groups in total. The fourth-order valence-electron chi connectivity index (χ4n) is 3.98. The molecule has 0 aliphatic carbocycles. The Morgan fingerprint density at radius 3 is 2.56 bits per heavy atom. The molecule has 0 saturated carbocycles. The van der Waals surface area contributed by atoms with E-state index in [2.05, 4.69) is 30.8 Å². The maximum absolute atomic E-state index is 14.2. The standard InChI is InChI=1S/C24H28FN7O2/c1-27-24(33)21-18(29-17-8-6-7-16(25)22(17)34-2)13-20(31-23(21)26)30-19-10-9-15(14-28-19)32-11-4-3-5-12-32/h6-10,13-14H,3-5,11-12H2,1-2H3,(H,27,33)(H4,26,28,29,30,31). The Morgan fingerprint density at radius 1 is 1.09 bits per heavy atom. The molecule has 3 aromatic rings. The van der Waals surface area contributed by atoms with Crippen LogP contribution in [0.25, 0.3) is 0 Å². The zero-order valence-corrected chi connectivity index (χ0v) is 19.2. The summed E-state index contributed by atoms with van der Waals surface area (Å²) in [5.41, 5.74) is 8.03. The van der Waals surface area contributed by atoms with E-state index in [1.165, 1.54) is 45.6 Å². The quantitative estimate of drug-likeness (QED) is 0.413. The third-order valence-corrected chi connectivity index (χ3v) is 5.67. The molecule has 9 nitrogen and oxygen atoms in total. The van der Waals surface area contributed by atoms with Crippen LogP contribution in [0.3, 0.4) is 0 Å². The number of carbonyl (C=O) groups is 1. The van der Waals surface area contributed by atoms with Gasteiger partial charge in [-0.25, -0.2) is 14.4 Å². The number of methoxy groups -OCH3 is 1. The molecule has 0 spiro atoms. The molecule has 178 valence electrons. The van der Waals surface area contributed by atoms with Crippen LogP contribution in [-0.2, 0) is 0 Å². The van der Waals surface area contributed by atoms with Gasteiger partial charge in [0.15, 0.2) is 11.6 Å². The number of carbonyl (C=O) groups excluding carboxylic acids is 1. The van der Waals surface area contributed by atoms with E-state index in [1.807, 2.05) is 18.3 Å². The second kappa shape index (κ2) is 10.2. The Morgan fingerprint density at radius 2 is 1.88 bits per heavy atom. The van der Waals surface area contributed by atoms with Gasteiger partial charge in [-0.2, -0.15) is 0 Å². The summed E-state index contributed by atoms with van der Waals surface area (Å²) in [7, 11) is 2.87. The van der Waals surface area contributed by atoms with Crippen molar-refractivity contribution in [2.45, 2.75) is 19.3 Å². The van der Waals surface area contributed by atoms with Crippen LogP contribution in [0.4, 0.5) is 38.9 Å². The van der Waals surface area contributed by atoms with Crippen LogP contribution in [0.2, 0.25) is 0 Å². The summed E-state index contributed by atoms with van der Waals surface area (Å²) in [6.45, 7) is 2.07. The van der Waals surface area contributed by atoms with Crippen LogP contribution >= 0.6 is 0 Å². The van der Waals surface area contributed by atoms with Crippen LogP contribution in [0, 0.1) is 5.82 Å². The number of aromatic nitrogens is 2. The maximum atomic E-state index is 14.2. The number of nitrogens with zero attached hydrogens (tertiary/aromatic N) is 3. The highest BCUT2D eigenvalue weighted by Crippen LogP contribution is 2.34. The number of anilines is 6. The van der Waals surface area contributed by atoms with Gasteiger partial charge in [-0.3, -0.25) is 4.79 Å². The molecule has 3 heterocycles. The van der Waals surface area contributed by atoms with Gasteiger partial charge in [0.1, 0.15) is 23.0 Å². The second-order valence-corrected chi connectivity index (χ2v) is 7.91. The van der Waals surface area contributed by atoms with E-state index in [-0.39, 0.29) is 17.1 Å². The van der Waals surface area contributed by atoms with Crippen molar-refractivity contribution in [3.8, 4) is 5.75 Å². The fraction of sp³-hybridized carbons (Fsp3) is 0.292. The number of benzene rings is 1. The number of para-hydroxylation sites is 1. The van der Waals surface area contributed by atoms with Gasteiger partial charge < -0.3 is 31.3 Å². The lowest BCUT2D eigenvalue weighted by Crippen LogP contribution is -2.29. The van der Waals surface area contributed by atoms with Gasteiger partial charge in [0.05, 0.1) is 30.4 Å². The molecule has 10 heteroatoms. The Hall–Kier alpha value is -4.08. The summed E-state index contributed by atoms with van der Waals surface area (Å²) >= 11 is 0. The minimum Gasteiger partial charge on any atom is -0.492 e. The number of nitrogens with one attached hydrogen (secondary N) is 3. The molecule has 0 unspecified atom stereocenters. The first-order valence-corrected chi connectivity index (χ1v) is 11.1. The Balaban J connectivity index is 1.63. The van der Waals surface area contributed by atoms with Crippen molar-refractivity contribution in [3.05, 3.63) is 54.0 Å². The van der Waals surface area contributed by atoms with Crippen molar-refractivity contribution in [1.82, 2.24) is 15.3 Å².